The molecule has 1 N–H and O–H groups in total. The van der Waals surface area contributed by atoms with Gasteiger partial charge in [-0.15, -0.1) is 0 Å². The quantitative estimate of drug-likeness (QED) is 0.648. The van der Waals surface area contributed by atoms with Gasteiger partial charge in [0.1, 0.15) is 17.6 Å². The number of furan rings is 1. The molecule has 1 atom stereocenters. The maximum atomic E-state index is 13.0. The summed E-state index contributed by atoms with van der Waals surface area (Å²) in [7, 11) is 0. The highest BCUT2D eigenvalue weighted by molar-refractivity contribution is 6.03. The topological polar surface area (TPSA) is 84.1 Å². The largest absolute Gasteiger partial charge is 0.484 e. The third-order valence-electron chi connectivity index (χ3n) is 4.94. The van der Waals surface area contributed by atoms with E-state index in [0.29, 0.717) is 23.6 Å². The smallest absolute Gasteiger partial charge is 0.281 e. The van der Waals surface area contributed by atoms with E-state index in [-0.39, 0.29) is 24.5 Å². The van der Waals surface area contributed by atoms with Crippen LogP contribution in [0.4, 0.5) is 5.69 Å². The van der Waals surface area contributed by atoms with Gasteiger partial charge in [0.25, 0.3) is 5.91 Å². The average Bonchev–Trinajstić information content (AvgIpc) is 3.42. The van der Waals surface area contributed by atoms with Crippen molar-refractivity contribution in [3.63, 3.8) is 0 Å². The molecule has 1 aromatic heterocycles. The molecular weight excluding hydrogens is 394 g/mol. The molecule has 0 spiro atoms. The van der Waals surface area contributed by atoms with Gasteiger partial charge in [0, 0.05) is 25.1 Å². The number of amides is 2. The number of nitrogens with one attached hydrogen (secondary N) is 1. The van der Waals surface area contributed by atoms with Crippen LogP contribution in [0.25, 0.3) is 0 Å². The first-order valence-electron chi connectivity index (χ1n) is 10.00. The number of hydrogen-bond acceptors (Lipinski definition) is 5. The summed E-state index contributed by atoms with van der Waals surface area (Å²) in [4.78, 5) is 24.2. The van der Waals surface area contributed by atoms with Crippen molar-refractivity contribution in [2.45, 2.75) is 26.3 Å². The fraction of sp³-hybridized carbons (Fsp3) is 0.208. The molecule has 2 aromatic carbocycles. The van der Waals surface area contributed by atoms with Gasteiger partial charge in [-0.25, -0.2) is 5.01 Å². The van der Waals surface area contributed by atoms with Crippen molar-refractivity contribution in [3.8, 4) is 5.75 Å². The zero-order valence-corrected chi connectivity index (χ0v) is 17.4. The Labute approximate surface area is 180 Å². The van der Waals surface area contributed by atoms with Gasteiger partial charge in [-0.05, 0) is 36.8 Å². The van der Waals surface area contributed by atoms with Crippen LogP contribution in [0.15, 0.2) is 76.4 Å². The molecule has 7 heteroatoms. The standard InChI is InChI=1S/C24H23N3O4/c1-16-8-10-18(11-9-16)21-14-22(23-7-4-12-30-23)27(26-21)24(29)15-31-20-6-3-5-19(13-20)25-17(2)28/h3-13,22H,14-15H2,1-2H3,(H,25,28)/t22-/m1/s1. The van der Waals surface area contributed by atoms with Crippen LogP contribution in [0.1, 0.15) is 36.3 Å². The molecule has 0 unspecified atom stereocenters. The molecule has 4 rings (SSSR count). The van der Waals surface area contributed by atoms with Gasteiger partial charge in [-0.1, -0.05) is 35.9 Å². The zero-order valence-electron chi connectivity index (χ0n) is 17.4. The molecule has 0 fully saturated rings. The summed E-state index contributed by atoms with van der Waals surface area (Å²) in [5.74, 6) is 0.695. The Bertz CT molecular complexity index is 1100. The second kappa shape index (κ2) is 8.87. The van der Waals surface area contributed by atoms with Gasteiger partial charge in [0.2, 0.25) is 5.91 Å². The van der Waals surface area contributed by atoms with E-state index in [9.17, 15) is 9.59 Å². The maximum absolute atomic E-state index is 13.0. The number of benzene rings is 2. The molecule has 0 radical (unpaired) electrons. The number of anilines is 1. The summed E-state index contributed by atoms with van der Waals surface area (Å²) in [6.45, 7) is 3.27. The SMILES string of the molecule is CC(=O)Nc1cccc(OCC(=O)N2N=C(c3ccc(C)cc3)C[C@@H]2c2ccco2)c1. The molecule has 7 nitrogen and oxygen atoms in total. The van der Waals surface area contributed by atoms with Crippen molar-refractivity contribution in [2.75, 3.05) is 11.9 Å². The molecular formula is C24H23N3O4. The van der Waals surface area contributed by atoms with E-state index < -0.39 is 0 Å². The van der Waals surface area contributed by atoms with Crippen LogP contribution in [0.3, 0.4) is 0 Å². The minimum Gasteiger partial charge on any atom is -0.484 e. The van der Waals surface area contributed by atoms with E-state index in [2.05, 4.69) is 10.4 Å². The summed E-state index contributed by atoms with van der Waals surface area (Å²) >= 11 is 0. The van der Waals surface area contributed by atoms with E-state index in [4.69, 9.17) is 9.15 Å². The van der Waals surface area contributed by atoms with Crippen LogP contribution in [0.5, 0.6) is 5.75 Å². The van der Waals surface area contributed by atoms with Gasteiger partial charge >= 0.3 is 0 Å². The predicted molar refractivity (Wildman–Crippen MR) is 117 cm³/mol. The van der Waals surface area contributed by atoms with E-state index in [1.54, 1.807) is 36.6 Å². The molecule has 0 saturated carbocycles. The van der Waals surface area contributed by atoms with Crippen LogP contribution in [-0.2, 0) is 9.59 Å². The Morgan fingerprint density at radius 3 is 2.68 bits per heavy atom. The number of aryl methyl sites for hydroxylation is 1. The van der Waals surface area contributed by atoms with Crippen LogP contribution in [0.2, 0.25) is 0 Å². The van der Waals surface area contributed by atoms with Gasteiger partial charge < -0.3 is 14.5 Å². The van der Waals surface area contributed by atoms with Gasteiger partial charge in [0.15, 0.2) is 6.61 Å². The Hall–Kier alpha value is -3.87. The first-order chi connectivity index (χ1) is 15.0. The van der Waals surface area contributed by atoms with Gasteiger partial charge in [-0.3, -0.25) is 9.59 Å². The van der Waals surface area contributed by atoms with Crippen molar-refractivity contribution in [2.24, 2.45) is 5.10 Å². The lowest BCUT2D eigenvalue weighted by Gasteiger charge is -2.20. The maximum Gasteiger partial charge on any atom is 0.281 e. The Morgan fingerprint density at radius 2 is 1.97 bits per heavy atom. The van der Waals surface area contributed by atoms with Gasteiger partial charge in [-0.2, -0.15) is 5.10 Å². The van der Waals surface area contributed by atoms with Crippen molar-refractivity contribution < 1.29 is 18.7 Å². The first-order valence-corrected chi connectivity index (χ1v) is 10.00. The third kappa shape index (κ3) is 4.83. The van der Waals surface area contributed by atoms with Crippen LogP contribution in [-0.4, -0.2) is 29.1 Å². The Kier molecular flexibility index (Phi) is 5.84. The Balaban J connectivity index is 1.51. The minimum absolute atomic E-state index is 0.176. The lowest BCUT2D eigenvalue weighted by atomic mass is 10.0. The molecule has 1 aliphatic heterocycles. The number of ether oxygens (including phenoxy) is 1. The van der Waals surface area contributed by atoms with E-state index in [0.717, 1.165) is 16.8 Å². The van der Waals surface area contributed by atoms with Crippen molar-refractivity contribution >= 4 is 23.2 Å². The lowest BCUT2D eigenvalue weighted by Crippen LogP contribution is -2.31. The minimum atomic E-state index is -0.326. The number of rotatable bonds is 6. The van der Waals surface area contributed by atoms with E-state index in [1.165, 1.54) is 11.9 Å². The summed E-state index contributed by atoms with van der Waals surface area (Å²) in [5, 5.41) is 8.73. The van der Waals surface area contributed by atoms with E-state index in [1.807, 2.05) is 37.3 Å². The highest BCUT2D eigenvalue weighted by Crippen LogP contribution is 2.33. The average molecular weight is 417 g/mol. The second-order valence-corrected chi connectivity index (χ2v) is 7.38. The van der Waals surface area contributed by atoms with Crippen LogP contribution < -0.4 is 10.1 Å². The highest BCUT2D eigenvalue weighted by Gasteiger charge is 2.35. The van der Waals surface area contributed by atoms with Crippen LogP contribution >= 0.6 is 0 Å². The number of hydrazone groups is 1. The number of carbonyl (C=O) groups excluding carboxylic acids is 2. The highest BCUT2D eigenvalue weighted by atomic mass is 16.5. The summed E-state index contributed by atoms with van der Waals surface area (Å²) in [6.07, 6.45) is 2.15. The second-order valence-electron chi connectivity index (χ2n) is 7.38. The molecule has 3 aromatic rings. The molecule has 158 valence electrons. The number of carbonyl (C=O) groups is 2. The summed E-state index contributed by atoms with van der Waals surface area (Å²) < 4.78 is 11.3. The predicted octanol–water partition coefficient (Wildman–Crippen LogP) is 4.30. The molecule has 0 saturated heterocycles. The summed E-state index contributed by atoms with van der Waals surface area (Å²) in [6, 6.07) is 18.3. The van der Waals surface area contributed by atoms with Crippen molar-refractivity contribution in [1.82, 2.24) is 5.01 Å². The fourth-order valence-electron chi connectivity index (χ4n) is 3.44. The Morgan fingerprint density at radius 1 is 1.16 bits per heavy atom. The molecule has 1 aliphatic rings. The molecule has 0 bridgehead atoms. The van der Waals surface area contributed by atoms with E-state index >= 15 is 0 Å². The first kappa shape index (κ1) is 20.4. The molecule has 2 amide bonds. The summed E-state index contributed by atoms with van der Waals surface area (Å²) in [5.41, 5.74) is 3.56. The number of hydrogen-bond donors (Lipinski definition) is 1. The molecule has 2 heterocycles. The monoisotopic (exact) mass is 417 g/mol. The fourth-order valence-corrected chi connectivity index (χ4v) is 3.44. The lowest BCUT2D eigenvalue weighted by molar-refractivity contribution is -0.135. The van der Waals surface area contributed by atoms with Crippen LogP contribution in [0, 0.1) is 6.92 Å². The number of nitrogens with zero attached hydrogens (tertiary/aromatic N) is 2. The molecule has 0 aliphatic carbocycles. The zero-order chi connectivity index (χ0) is 21.8. The van der Waals surface area contributed by atoms with Crippen molar-refractivity contribution in [3.05, 3.63) is 83.8 Å². The normalized spacial score (nSPS) is 15.5. The third-order valence-corrected chi connectivity index (χ3v) is 4.94. The molecule has 31 heavy (non-hydrogen) atoms. The van der Waals surface area contributed by atoms with Gasteiger partial charge in [0.05, 0.1) is 12.0 Å². The van der Waals surface area contributed by atoms with Crippen molar-refractivity contribution in [1.29, 1.82) is 0 Å².